The van der Waals surface area contributed by atoms with Crippen LogP contribution >= 0.6 is 0 Å². The van der Waals surface area contributed by atoms with Gasteiger partial charge in [-0.2, -0.15) is 4.98 Å². The first-order valence-corrected chi connectivity index (χ1v) is 11.3. The van der Waals surface area contributed by atoms with Gasteiger partial charge in [-0.3, -0.25) is 4.90 Å². The van der Waals surface area contributed by atoms with Crippen molar-refractivity contribution in [1.82, 2.24) is 20.4 Å². The number of aryl methyl sites for hydroxylation is 2. The Labute approximate surface area is 194 Å². The molecule has 2 heterocycles. The Bertz CT molecular complexity index is 1200. The number of allylic oxidation sites excluding steroid dienone is 1. The van der Waals surface area contributed by atoms with Gasteiger partial charge in [0.25, 0.3) is 5.89 Å². The molecule has 3 aromatic rings. The third kappa shape index (κ3) is 4.49. The number of ether oxygens (including phenoxy) is 1. The van der Waals surface area contributed by atoms with Crippen LogP contribution in [0.5, 0.6) is 5.75 Å². The van der Waals surface area contributed by atoms with Crippen LogP contribution in [0.3, 0.4) is 0 Å². The fourth-order valence-corrected chi connectivity index (χ4v) is 4.05. The number of carbonyl (C=O) groups excluding carboxylic acids is 1. The molecule has 4 rings (SSSR count). The maximum atomic E-state index is 13.0. The summed E-state index contributed by atoms with van der Waals surface area (Å²) in [6.45, 7) is 8.84. The van der Waals surface area contributed by atoms with E-state index in [-0.39, 0.29) is 12.1 Å². The normalized spacial score (nSPS) is 16.2. The van der Waals surface area contributed by atoms with Crippen LogP contribution in [0.25, 0.3) is 17.0 Å². The van der Waals surface area contributed by atoms with Crippen molar-refractivity contribution in [3.63, 3.8) is 0 Å². The average molecular weight is 447 g/mol. The van der Waals surface area contributed by atoms with Crippen LogP contribution in [-0.4, -0.2) is 34.7 Å². The summed E-state index contributed by atoms with van der Waals surface area (Å²) < 4.78 is 11.1. The Morgan fingerprint density at radius 1 is 1.12 bits per heavy atom. The van der Waals surface area contributed by atoms with E-state index in [1.54, 1.807) is 12.0 Å². The number of unbranched alkanes of at least 4 members (excludes halogenated alkanes) is 1. The number of rotatable bonds is 7. The van der Waals surface area contributed by atoms with E-state index in [2.05, 4.69) is 43.4 Å². The van der Waals surface area contributed by atoms with E-state index in [4.69, 9.17) is 14.2 Å². The van der Waals surface area contributed by atoms with Crippen molar-refractivity contribution in [3.8, 4) is 17.1 Å². The second-order valence-electron chi connectivity index (χ2n) is 8.39. The lowest BCUT2D eigenvalue weighted by Crippen LogP contribution is -2.46. The standard InChI is InChI=1S/C26H30N4O3/c1-6-7-13-30-18(4)22(23(27-26(30)31)19-12-11-16(2)17(3)14-19)25-28-24(29-33-25)20-9-8-10-21(15-20)32-5/h8-12,14-15,23H,6-7,13H2,1-5H3,(H,27,31). The number of amides is 2. The Hall–Kier alpha value is -3.61. The Kier molecular flexibility index (Phi) is 6.49. The van der Waals surface area contributed by atoms with Crippen LogP contribution in [0.15, 0.2) is 52.7 Å². The topological polar surface area (TPSA) is 80.5 Å². The monoisotopic (exact) mass is 446 g/mol. The largest absolute Gasteiger partial charge is 0.497 e. The molecule has 0 aliphatic carbocycles. The summed E-state index contributed by atoms with van der Waals surface area (Å²) in [7, 11) is 1.62. The van der Waals surface area contributed by atoms with E-state index < -0.39 is 0 Å². The molecule has 0 fully saturated rings. The maximum absolute atomic E-state index is 13.0. The van der Waals surface area contributed by atoms with Crippen LogP contribution < -0.4 is 10.1 Å². The molecule has 1 aliphatic heterocycles. The Morgan fingerprint density at radius 2 is 1.94 bits per heavy atom. The van der Waals surface area contributed by atoms with Gasteiger partial charge in [0.05, 0.1) is 18.7 Å². The van der Waals surface area contributed by atoms with Gasteiger partial charge < -0.3 is 14.6 Å². The number of urea groups is 1. The van der Waals surface area contributed by atoms with Crippen molar-refractivity contribution in [2.45, 2.75) is 46.6 Å². The van der Waals surface area contributed by atoms with E-state index in [9.17, 15) is 4.79 Å². The molecule has 172 valence electrons. The SMILES string of the molecule is CCCCN1C(=O)NC(c2ccc(C)c(C)c2)C(c2nc(-c3cccc(OC)c3)no2)=C1C. The molecule has 1 aliphatic rings. The molecule has 2 aromatic carbocycles. The summed E-state index contributed by atoms with van der Waals surface area (Å²) in [6.07, 6.45) is 1.90. The van der Waals surface area contributed by atoms with Gasteiger partial charge in [-0.05, 0) is 56.0 Å². The molecule has 1 N–H and O–H groups in total. The lowest BCUT2D eigenvalue weighted by molar-refractivity contribution is 0.204. The molecule has 7 nitrogen and oxygen atoms in total. The number of benzene rings is 2. The minimum atomic E-state index is -0.381. The van der Waals surface area contributed by atoms with Gasteiger partial charge >= 0.3 is 6.03 Å². The van der Waals surface area contributed by atoms with E-state index in [1.807, 2.05) is 37.3 Å². The van der Waals surface area contributed by atoms with Crippen molar-refractivity contribution >= 4 is 11.6 Å². The van der Waals surface area contributed by atoms with Gasteiger partial charge in [-0.1, -0.05) is 48.8 Å². The molecule has 0 bridgehead atoms. The minimum Gasteiger partial charge on any atom is -0.497 e. The highest BCUT2D eigenvalue weighted by Crippen LogP contribution is 2.38. The third-order valence-corrected chi connectivity index (χ3v) is 6.18. The van der Waals surface area contributed by atoms with Crippen LogP contribution in [0, 0.1) is 13.8 Å². The number of nitrogens with one attached hydrogen (secondary N) is 1. The summed E-state index contributed by atoms with van der Waals surface area (Å²) in [5, 5.41) is 7.40. The van der Waals surface area contributed by atoms with Gasteiger partial charge in [0, 0.05) is 17.8 Å². The number of hydrogen-bond acceptors (Lipinski definition) is 5. The number of aromatic nitrogens is 2. The molecule has 1 unspecified atom stereocenters. The number of nitrogens with zero attached hydrogens (tertiary/aromatic N) is 3. The van der Waals surface area contributed by atoms with Gasteiger partial charge in [-0.25, -0.2) is 4.79 Å². The lowest BCUT2D eigenvalue weighted by atomic mass is 9.92. The summed E-state index contributed by atoms with van der Waals surface area (Å²) in [5.41, 5.74) is 5.79. The van der Waals surface area contributed by atoms with Crippen molar-refractivity contribution < 1.29 is 14.1 Å². The molecule has 33 heavy (non-hydrogen) atoms. The van der Waals surface area contributed by atoms with Crippen LogP contribution in [0.4, 0.5) is 4.79 Å². The number of methoxy groups -OCH3 is 1. The zero-order chi connectivity index (χ0) is 23.5. The molecule has 2 amide bonds. The van der Waals surface area contributed by atoms with Gasteiger partial charge in [-0.15, -0.1) is 0 Å². The molecule has 0 spiro atoms. The van der Waals surface area contributed by atoms with E-state index in [0.29, 0.717) is 18.3 Å². The van der Waals surface area contributed by atoms with Gasteiger partial charge in [0.2, 0.25) is 5.82 Å². The molecular weight excluding hydrogens is 416 g/mol. The smallest absolute Gasteiger partial charge is 0.322 e. The first kappa shape index (κ1) is 22.6. The molecular formula is C26H30N4O3. The molecule has 0 saturated carbocycles. The maximum Gasteiger partial charge on any atom is 0.322 e. The minimum absolute atomic E-state index is 0.111. The fourth-order valence-electron chi connectivity index (χ4n) is 4.05. The first-order valence-electron chi connectivity index (χ1n) is 11.3. The third-order valence-electron chi connectivity index (χ3n) is 6.18. The van der Waals surface area contributed by atoms with Crippen molar-refractivity contribution in [2.24, 2.45) is 0 Å². The van der Waals surface area contributed by atoms with Crippen LogP contribution in [0.1, 0.15) is 55.3 Å². The quantitative estimate of drug-likeness (QED) is 0.506. The summed E-state index contributed by atoms with van der Waals surface area (Å²) in [4.78, 5) is 19.5. The highest BCUT2D eigenvalue weighted by molar-refractivity contribution is 5.87. The predicted molar refractivity (Wildman–Crippen MR) is 128 cm³/mol. The second-order valence-corrected chi connectivity index (χ2v) is 8.39. The van der Waals surface area contributed by atoms with Crippen LogP contribution in [0.2, 0.25) is 0 Å². The zero-order valence-corrected chi connectivity index (χ0v) is 19.8. The Balaban J connectivity index is 1.80. The highest BCUT2D eigenvalue weighted by Gasteiger charge is 2.35. The second kappa shape index (κ2) is 9.48. The highest BCUT2D eigenvalue weighted by atomic mass is 16.5. The number of hydrogen-bond donors (Lipinski definition) is 1. The van der Waals surface area contributed by atoms with Gasteiger partial charge in [0.15, 0.2) is 0 Å². The van der Waals surface area contributed by atoms with E-state index in [0.717, 1.165) is 46.6 Å². The van der Waals surface area contributed by atoms with E-state index in [1.165, 1.54) is 5.56 Å². The average Bonchev–Trinajstić information content (AvgIpc) is 3.30. The van der Waals surface area contributed by atoms with Gasteiger partial charge in [0.1, 0.15) is 5.75 Å². The summed E-state index contributed by atoms with van der Waals surface area (Å²) in [5.74, 6) is 1.59. The molecule has 7 heteroatoms. The molecule has 0 saturated heterocycles. The van der Waals surface area contributed by atoms with E-state index >= 15 is 0 Å². The summed E-state index contributed by atoms with van der Waals surface area (Å²) >= 11 is 0. The van der Waals surface area contributed by atoms with Crippen molar-refractivity contribution in [3.05, 3.63) is 70.7 Å². The van der Waals surface area contributed by atoms with Crippen molar-refractivity contribution in [1.29, 1.82) is 0 Å². The fraction of sp³-hybridized carbons (Fsp3) is 0.346. The van der Waals surface area contributed by atoms with Crippen LogP contribution in [-0.2, 0) is 0 Å². The van der Waals surface area contributed by atoms with Crippen molar-refractivity contribution in [2.75, 3.05) is 13.7 Å². The molecule has 1 atom stereocenters. The zero-order valence-electron chi connectivity index (χ0n) is 19.8. The first-order chi connectivity index (χ1) is 15.9. The Morgan fingerprint density at radius 3 is 2.67 bits per heavy atom. The molecule has 1 aromatic heterocycles. The predicted octanol–water partition coefficient (Wildman–Crippen LogP) is 5.66. The number of carbonyl (C=O) groups is 1. The lowest BCUT2D eigenvalue weighted by Gasteiger charge is -2.35. The molecule has 0 radical (unpaired) electrons. The summed E-state index contributed by atoms with van der Waals surface area (Å²) in [6, 6.07) is 13.3.